The van der Waals surface area contributed by atoms with Crippen molar-refractivity contribution in [2.24, 2.45) is 23.7 Å². The number of carbonyl (C=O) groups is 5. The highest BCUT2D eigenvalue weighted by Gasteiger charge is 2.52. The minimum atomic E-state index is -2.00. The van der Waals surface area contributed by atoms with Gasteiger partial charge in [-0.25, -0.2) is 0 Å². The molecular formula is C40H49NO12. The number of esters is 1. The Balaban J connectivity index is 1.62. The van der Waals surface area contributed by atoms with Crippen LogP contribution in [-0.2, 0) is 33.3 Å². The highest BCUT2D eigenvalue weighted by molar-refractivity contribution is 6.30. The van der Waals surface area contributed by atoms with Crippen LogP contribution in [0.3, 0.4) is 0 Å². The lowest BCUT2D eigenvalue weighted by Crippen LogP contribution is -2.56. The van der Waals surface area contributed by atoms with Gasteiger partial charge in [0, 0.05) is 61.8 Å². The van der Waals surface area contributed by atoms with Gasteiger partial charge in [0.1, 0.15) is 17.6 Å². The van der Waals surface area contributed by atoms with Gasteiger partial charge in [-0.3, -0.25) is 24.0 Å². The van der Waals surface area contributed by atoms with Crippen LogP contribution in [0.25, 0.3) is 0 Å². The lowest BCUT2D eigenvalue weighted by Gasteiger charge is -2.50. The molecule has 1 fully saturated rings. The van der Waals surface area contributed by atoms with E-state index in [0.717, 1.165) is 6.08 Å². The Kier molecular flexibility index (Phi) is 11.0. The van der Waals surface area contributed by atoms with Crippen molar-refractivity contribution in [2.45, 2.75) is 105 Å². The number of amides is 1. The van der Waals surface area contributed by atoms with Gasteiger partial charge in [-0.2, -0.15) is 0 Å². The van der Waals surface area contributed by atoms with Gasteiger partial charge < -0.3 is 38.8 Å². The van der Waals surface area contributed by atoms with E-state index in [1.54, 1.807) is 25.2 Å². The average Bonchev–Trinajstić information content (AvgIpc) is 3.35. The third-order valence-corrected chi connectivity index (χ3v) is 10.6. The zero-order chi connectivity index (χ0) is 39.3. The van der Waals surface area contributed by atoms with Crippen LogP contribution in [0.5, 0.6) is 11.5 Å². The molecule has 4 heterocycles. The zero-order valence-corrected chi connectivity index (χ0v) is 32.0. The Morgan fingerprint density at radius 3 is 2.21 bits per heavy atom. The number of hydrogen-bond acceptors (Lipinski definition) is 12. The molecule has 2 N–H and O–H groups in total. The molecule has 4 aliphatic heterocycles. The molecule has 0 spiro atoms. The third-order valence-electron chi connectivity index (χ3n) is 10.6. The van der Waals surface area contributed by atoms with E-state index in [2.05, 4.69) is 5.32 Å². The van der Waals surface area contributed by atoms with Gasteiger partial charge in [0.05, 0.1) is 47.0 Å². The van der Waals surface area contributed by atoms with Crippen molar-refractivity contribution in [3.8, 4) is 11.5 Å². The summed E-state index contributed by atoms with van der Waals surface area (Å²) in [6.45, 7) is 17.2. The van der Waals surface area contributed by atoms with Crippen LogP contribution in [0.4, 0.5) is 0 Å². The van der Waals surface area contributed by atoms with Gasteiger partial charge in [-0.05, 0) is 33.8 Å². The number of hydrogen-bond donors (Lipinski definition) is 2. The molecule has 1 amide bonds. The molecule has 7 bridgehead atoms. The van der Waals surface area contributed by atoms with E-state index in [1.165, 1.54) is 34.1 Å². The van der Waals surface area contributed by atoms with Gasteiger partial charge in [-0.1, -0.05) is 45.9 Å². The van der Waals surface area contributed by atoms with Crippen LogP contribution in [0.1, 0.15) is 99.0 Å². The number of allylic oxidation sites excluding steroid dienone is 4. The standard InChI is InChI=1S/C40H49NO12/c1-18-13-12-14-19(2)38(47)41-25-17-26(43)28-29(32(25)45)31(44)21(4)36-30(28)37(46)40(10,53-36)49-16-15-27(48-11)20(3)34(50-24(7)42)23(6)35-22(5)33(18)51-39(8,9)52-35/h12-18,20,22-23,27,33-35,44H,1-11H3,(H,41,47)/b13-12+,16-15+,19-14-/t18-,20+,22+,23+,27-,33-,34+,35-,40-/m0/s1. The summed E-state index contributed by atoms with van der Waals surface area (Å²) in [6, 6.07) is 0. The molecule has 9 atom stereocenters. The number of carbonyl (C=O) groups excluding carboxylic acids is 5. The first kappa shape index (κ1) is 39.6. The van der Waals surface area contributed by atoms with E-state index in [0.29, 0.717) is 0 Å². The number of ketones is 3. The summed E-state index contributed by atoms with van der Waals surface area (Å²) in [6.07, 6.45) is 6.77. The number of fused-ring (bicyclic) bond motifs is 10. The maximum atomic E-state index is 14.0. The molecule has 5 aliphatic rings. The van der Waals surface area contributed by atoms with Gasteiger partial charge >= 0.3 is 11.8 Å². The molecule has 0 unspecified atom stereocenters. The van der Waals surface area contributed by atoms with E-state index in [1.807, 2.05) is 47.6 Å². The van der Waals surface area contributed by atoms with Crippen LogP contribution in [-0.4, -0.2) is 77.4 Å². The summed E-state index contributed by atoms with van der Waals surface area (Å²) in [7, 11) is 1.49. The first-order valence-corrected chi connectivity index (χ1v) is 17.7. The van der Waals surface area contributed by atoms with Crippen molar-refractivity contribution >= 4 is 29.2 Å². The highest BCUT2D eigenvalue weighted by Crippen LogP contribution is 2.48. The van der Waals surface area contributed by atoms with Crippen molar-refractivity contribution in [3.63, 3.8) is 0 Å². The maximum Gasteiger partial charge on any atom is 0.312 e. The molecule has 0 radical (unpaired) electrons. The molecule has 0 aromatic heterocycles. The Hall–Kier alpha value is -4.59. The predicted octanol–water partition coefficient (Wildman–Crippen LogP) is 5.43. The van der Waals surface area contributed by atoms with E-state index >= 15 is 0 Å². The largest absolute Gasteiger partial charge is 0.507 e. The van der Waals surface area contributed by atoms with Crippen molar-refractivity contribution < 1.29 is 57.5 Å². The highest BCUT2D eigenvalue weighted by atomic mass is 16.7. The topological polar surface area (TPSA) is 173 Å². The molecular weight excluding hydrogens is 686 g/mol. The van der Waals surface area contributed by atoms with Gasteiger partial charge in [0.25, 0.3) is 11.7 Å². The summed E-state index contributed by atoms with van der Waals surface area (Å²) in [5.41, 5.74) is -1.07. The summed E-state index contributed by atoms with van der Waals surface area (Å²) in [5, 5.41) is 13.7. The summed E-state index contributed by atoms with van der Waals surface area (Å²) < 4.78 is 36.6. The summed E-state index contributed by atoms with van der Waals surface area (Å²) in [5.74, 6) is -8.33. The molecule has 1 aromatic carbocycles. The van der Waals surface area contributed by atoms with Gasteiger partial charge in [-0.15, -0.1) is 0 Å². The van der Waals surface area contributed by atoms with E-state index in [-0.39, 0.29) is 57.6 Å². The summed E-state index contributed by atoms with van der Waals surface area (Å²) >= 11 is 0. The first-order valence-electron chi connectivity index (χ1n) is 17.7. The number of nitrogens with one attached hydrogen (secondary N) is 1. The smallest absolute Gasteiger partial charge is 0.312 e. The van der Waals surface area contributed by atoms with Crippen LogP contribution in [0.2, 0.25) is 0 Å². The Morgan fingerprint density at radius 2 is 1.57 bits per heavy atom. The van der Waals surface area contributed by atoms with Crippen LogP contribution >= 0.6 is 0 Å². The Bertz CT molecular complexity index is 1850. The molecule has 6 rings (SSSR count). The van der Waals surface area contributed by atoms with Crippen LogP contribution in [0.15, 0.2) is 47.9 Å². The lowest BCUT2D eigenvalue weighted by atomic mass is 9.77. The number of aromatic hydroxyl groups is 1. The molecule has 13 nitrogen and oxygen atoms in total. The molecule has 13 heteroatoms. The first-order chi connectivity index (χ1) is 24.7. The fourth-order valence-corrected chi connectivity index (χ4v) is 7.71. The molecule has 53 heavy (non-hydrogen) atoms. The zero-order valence-electron chi connectivity index (χ0n) is 32.0. The van der Waals surface area contributed by atoms with Crippen LogP contribution in [0, 0.1) is 30.6 Å². The number of methoxy groups -OCH3 is 1. The second-order valence-electron chi connectivity index (χ2n) is 15.0. The molecule has 0 saturated carbocycles. The van der Waals surface area contributed by atoms with E-state index in [4.69, 9.17) is 28.4 Å². The second-order valence-corrected chi connectivity index (χ2v) is 15.0. The van der Waals surface area contributed by atoms with Gasteiger partial charge in [0.15, 0.2) is 11.6 Å². The Morgan fingerprint density at radius 1 is 0.906 bits per heavy atom. The monoisotopic (exact) mass is 735 g/mol. The molecule has 286 valence electrons. The van der Waals surface area contributed by atoms with Crippen molar-refractivity contribution in [1.29, 1.82) is 0 Å². The minimum Gasteiger partial charge on any atom is -0.507 e. The van der Waals surface area contributed by atoms with E-state index < -0.39 is 76.3 Å². The average molecular weight is 736 g/mol. The van der Waals surface area contributed by atoms with Crippen LogP contribution < -0.4 is 10.1 Å². The van der Waals surface area contributed by atoms with Crippen molar-refractivity contribution in [3.05, 3.63) is 70.2 Å². The lowest BCUT2D eigenvalue weighted by molar-refractivity contribution is -0.336. The number of Topliss-reactive ketones (excluding diaryl/α,β-unsaturated/α-hetero) is 2. The Labute approximate surface area is 309 Å². The molecule has 1 aromatic rings. The van der Waals surface area contributed by atoms with E-state index in [9.17, 15) is 29.1 Å². The molecule has 1 aliphatic carbocycles. The second kappa shape index (κ2) is 14.7. The fourth-order valence-electron chi connectivity index (χ4n) is 7.71. The van der Waals surface area contributed by atoms with Crippen molar-refractivity contribution in [2.75, 3.05) is 7.11 Å². The maximum absolute atomic E-state index is 14.0. The SMILES string of the molecule is CO[C@H]1/C=C/O[C@@]2(C)Oc3c(C)c(O)c4c(c3C2=O)C(=O)C=C(NC(=O)/C(C)=C\C=C\[C@H](C)[C@@H]2OC(C)(C)O[C@H]([C@H](C)[C@H](OC(C)=O)[C@@H]1C)[C@@H]2C)C4=O. The number of ether oxygens (including phenoxy) is 6. The number of rotatable bonds is 2. The molecule has 1 saturated heterocycles. The predicted molar refractivity (Wildman–Crippen MR) is 191 cm³/mol. The summed E-state index contributed by atoms with van der Waals surface area (Å²) in [4.78, 5) is 67.0. The third kappa shape index (κ3) is 7.34. The fraction of sp³-hybridized carbons (Fsp3) is 0.525. The minimum absolute atomic E-state index is 0.0356. The quantitative estimate of drug-likeness (QED) is 0.370. The van der Waals surface area contributed by atoms with Gasteiger partial charge in [0.2, 0.25) is 5.78 Å². The number of phenols is 1. The number of phenolic OH excluding ortho intramolecular Hbond substituents is 1. The number of benzene rings is 1. The normalized spacial score (nSPS) is 35.2. The van der Waals surface area contributed by atoms with Crippen molar-refractivity contribution in [1.82, 2.24) is 5.32 Å².